The Hall–Kier alpha value is -1.69. The van der Waals surface area contributed by atoms with Crippen LogP contribution in [0.15, 0.2) is 18.2 Å². The fourth-order valence-electron chi connectivity index (χ4n) is 1.73. The maximum absolute atomic E-state index is 8.70. The van der Waals surface area contributed by atoms with Crippen molar-refractivity contribution < 1.29 is 4.74 Å². The van der Waals surface area contributed by atoms with Gasteiger partial charge in [0, 0.05) is 5.69 Å². The molecule has 1 unspecified atom stereocenters. The Morgan fingerprint density at radius 1 is 1.53 bits per heavy atom. The average molecular weight is 202 g/mol. The summed E-state index contributed by atoms with van der Waals surface area (Å²) < 4.78 is 5.52. The molecule has 0 spiro atoms. The molecule has 0 aromatic heterocycles. The molecule has 0 fully saturated rings. The second-order valence-electron chi connectivity index (χ2n) is 3.77. The summed E-state index contributed by atoms with van der Waals surface area (Å²) in [6.07, 6.45) is 2.13. The summed E-state index contributed by atoms with van der Waals surface area (Å²) in [4.78, 5) is 0. The minimum atomic E-state index is -0.160. The quantitative estimate of drug-likeness (QED) is 0.800. The minimum absolute atomic E-state index is 0.160. The van der Waals surface area contributed by atoms with Crippen LogP contribution in [-0.2, 0) is 6.42 Å². The van der Waals surface area contributed by atoms with Crippen molar-refractivity contribution in [2.75, 3.05) is 11.9 Å². The van der Waals surface area contributed by atoms with Gasteiger partial charge >= 0.3 is 0 Å². The standard InChI is InChI=1S/C12H14N2O/c1-9(8-13)14-11-4-5-12-10(7-11)3-2-6-15-12/h4-5,7,9,14H,2-3,6H2,1H3. The molecule has 78 valence electrons. The van der Waals surface area contributed by atoms with Crippen LogP contribution in [0.3, 0.4) is 0 Å². The summed E-state index contributed by atoms with van der Waals surface area (Å²) in [6.45, 7) is 2.66. The zero-order valence-electron chi connectivity index (χ0n) is 8.79. The molecule has 1 N–H and O–H groups in total. The lowest BCUT2D eigenvalue weighted by atomic mass is 10.1. The molecule has 1 aromatic carbocycles. The van der Waals surface area contributed by atoms with Gasteiger partial charge in [0.05, 0.1) is 12.7 Å². The molecule has 2 rings (SSSR count). The van der Waals surface area contributed by atoms with Crippen LogP contribution in [0, 0.1) is 11.3 Å². The molecular weight excluding hydrogens is 188 g/mol. The third-order valence-electron chi connectivity index (χ3n) is 2.49. The van der Waals surface area contributed by atoms with E-state index in [0.29, 0.717) is 0 Å². The van der Waals surface area contributed by atoms with Crippen molar-refractivity contribution in [1.29, 1.82) is 5.26 Å². The first-order valence-electron chi connectivity index (χ1n) is 5.21. The molecule has 0 amide bonds. The Morgan fingerprint density at radius 3 is 3.20 bits per heavy atom. The van der Waals surface area contributed by atoms with E-state index >= 15 is 0 Å². The Morgan fingerprint density at radius 2 is 2.40 bits per heavy atom. The van der Waals surface area contributed by atoms with Crippen molar-refractivity contribution in [3.63, 3.8) is 0 Å². The number of hydrogen-bond acceptors (Lipinski definition) is 3. The lowest BCUT2D eigenvalue weighted by molar-refractivity contribution is 0.288. The van der Waals surface area contributed by atoms with Gasteiger partial charge in [-0.1, -0.05) is 0 Å². The lowest BCUT2D eigenvalue weighted by Crippen LogP contribution is -2.13. The number of nitriles is 1. The lowest BCUT2D eigenvalue weighted by Gasteiger charge is -2.18. The van der Waals surface area contributed by atoms with Crippen LogP contribution in [0.4, 0.5) is 5.69 Å². The van der Waals surface area contributed by atoms with Gasteiger partial charge in [-0.25, -0.2) is 0 Å². The molecule has 0 radical (unpaired) electrons. The average Bonchev–Trinajstić information content (AvgIpc) is 2.29. The van der Waals surface area contributed by atoms with Crippen LogP contribution in [0.2, 0.25) is 0 Å². The highest BCUT2D eigenvalue weighted by atomic mass is 16.5. The molecule has 1 aliphatic rings. The van der Waals surface area contributed by atoms with Crippen molar-refractivity contribution >= 4 is 5.69 Å². The number of fused-ring (bicyclic) bond motifs is 1. The SMILES string of the molecule is CC(C#N)Nc1ccc2c(c1)CCCO2. The zero-order valence-corrected chi connectivity index (χ0v) is 8.79. The molecule has 3 nitrogen and oxygen atoms in total. The molecule has 1 heterocycles. The van der Waals surface area contributed by atoms with Crippen LogP contribution in [-0.4, -0.2) is 12.6 Å². The topological polar surface area (TPSA) is 45.0 Å². The second kappa shape index (κ2) is 4.22. The van der Waals surface area contributed by atoms with Crippen LogP contribution >= 0.6 is 0 Å². The number of aryl methyl sites for hydroxylation is 1. The fourth-order valence-corrected chi connectivity index (χ4v) is 1.73. The van der Waals surface area contributed by atoms with Gasteiger partial charge in [0.1, 0.15) is 11.8 Å². The van der Waals surface area contributed by atoms with E-state index in [2.05, 4.69) is 17.5 Å². The molecule has 1 atom stereocenters. The van der Waals surface area contributed by atoms with E-state index in [1.54, 1.807) is 0 Å². The summed E-state index contributed by atoms with van der Waals surface area (Å²) in [5.74, 6) is 0.983. The van der Waals surface area contributed by atoms with Crippen molar-refractivity contribution in [2.24, 2.45) is 0 Å². The zero-order chi connectivity index (χ0) is 10.7. The van der Waals surface area contributed by atoms with Gasteiger partial charge in [-0.05, 0) is 43.5 Å². The van der Waals surface area contributed by atoms with Gasteiger partial charge < -0.3 is 10.1 Å². The van der Waals surface area contributed by atoms with Gasteiger partial charge in [0.15, 0.2) is 0 Å². The van der Waals surface area contributed by atoms with Gasteiger partial charge in [-0.15, -0.1) is 0 Å². The molecule has 0 bridgehead atoms. The van der Waals surface area contributed by atoms with Crippen molar-refractivity contribution in [3.8, 4) is 11.8 Å². The molecule has 0 aliphatic carbocycles. The maximum atomic E-state index is 8.70. The summed E-state index contributed by atoms with van der Waals surface area (Å²) >= 11 is 0. The van der Waals surface area contributed by atoms with Gasteiger partial charge in [0.2, 0.25) is 0 Å². The van der Waals surface area contributed by atoms with Crippen molar-refractivity contribution in [1.82, 2.24) is 0 Å². The minimum Gasteiger partial charge on any atom is -0.493 e. The van der Waals surface area contributed by atoms with E-state index in [-0.39, 0.29) is 6.04 Å². The molecule has 0 saturated heterocycles. The third kappa shape index (κ3) is 2.21. The smallest absolute Gasteiger partial charge is 0.122 e. The first kappa shape index (κ1) is 9.85. The fraction of sp³-hybridized carbons (Fsp3) is 0.417. The Bertz CT molecular complexity index is 395. The summed E-state index contributed by atoms with van der Waals surface area (Å²) in [5, 5.41) is 11.8. The van der Waals surface area contributed by atoms with Crippen LogP contribution in [0.1, 0.15) is 18.9 Å². The number of rotatable bonds is 2. The summed E-state index contributed by atoms with van der Waals surface area (Å²) in [5.41, 5.74) is 2.23. The number of benzene rings is 1. The van der Waals surface area contributed by atoms with Crippen molar-refractivity contribution in [3.05, 3.63) is 23.8 Å². The van der Waals surface area contributed by atoms with E-state index in [0.717, 1.165) is 30.9 Å². The van der Waals surface area contributed by atoms with Gasteiger partial charge in [0.25, 0.3) is 0 Å². The highest BCUT2D eigenvalue weighted by Gasteiger charge is 2.10. The number of anilines is 1. The van der Waals surface area contributed by atoms with Crippen LogP contribution in [0.5, 0.6) is 5.75 Å². The monoisotopic (exact) mass is 202 g/mol. The molecule has 1 aliphatic heterocycles. The first-order chi connectivity index (χ1) is 7.29. The molecular formula is C12H14N2O. The number of hydrogen-bond donors (Lipinski definition) is 1. The summed E-state index contributed by atoms with van der Waals surface area (Å²) in [6, 6.07) is 7.99. The van der Waals surface area contributed by atoms with E-state index in [4.69, 9.17) is 10.00 Å². The highest BCUT2D eigenvalue weighted by molar-refractivity contribution is 5.52. The normalized spacial score (nSPS) is 15.7. The van der Waals surface area contributed by atoms with Crippen LogP contribution in [0.25, 0.3) is 0 Å². The van der Waals surface area contributed by atoms with E-state index in [1.165, 1.54) is 5.56 Å². The first-order valence-corrected chi connectivity index (χ1v) is 5.21. The summed E-state index contributed by atoms with van der Waals surface area (Å²) in [7, 11) is 0. The molecule has 1 aromatic rings. The van der Waals surface area contributed by atoms with E-state index in [1.807, 2.05) is 19.1 Å². The highest BCUT2D eigenvalue weighted by Crippen LogP contribution is 2.27. The Kier molecular flexibility index (Phi) is 2.77. The Labute approximate surface area is 89.7 Å². The number of ether oxygens (including phenoxy) is 1. The number of nitrogens with one attached hydrogen (secondary N) is 1. The van der Waals surface area contributed by atoms with E-state index in [9.17, 15) is 0 Å². The van der Waals surface area contributed by atoms with Gasteiger partial charge in [-0.3, -0.25) is 0 Å². The predicted molar refractivity (Wildman–Crippen MR) is 59.0 cm³/mol. The molecule has 0 saturated carbocycles. The predicted octanol–water partition coefficient (Wildman–Crippen LogP) is 2.34. The third-order valence-corrected chi connectivity index (χ3v) is 2.49. The number of nitrogens with zero attached hydrogens (tertiary/aromatic N) is 1. The molecule has 3 heteroatoms. The second-order valence-corrected chi connectivity index (χ2v) is 3.77. The maximum Gasteiger partial charge on any atom is 0.122 e. The largest absolute Gasteiger partial charge is 0.493 e. The van der Waals surface area contributed by atoms with E-state index < -0.39 is 0 Å². The van der Waals surface area contributed by atoms with Crippen molar-refractivity contribution in [2.45, 2.75) is 25.8 Å². The van der Waals surface area contributed by atoms with Crippen LogP contribution < -0.4 is 10.1 Å². The molecule has 15 heavy (non-hydrogen) atoms. The Balaban J connectivity index is 2.18. The van der Waals surface area contributed by atoms with Gasteiger partial charge in [-0.2, -0.15) is 5.26 Å².